The third-order valence-electron chi connectivity index (χ3n) is 2.26. The van der Waals surface area contributed by atoms with Gasteiger partial charge in [-0.05, 0) is 52.9 Å². The van der Waals surface area contributed by atoms with E-state index in [1.54, 1.807) is 18.2 Å². The van der Waals surface area contributed by atoms with Crippen LogP contribution in [0.5, 0.6) is 0 Å². The summed E-state index contributed by atoms with van der Waals surface area (Å²) in [7, 11) is 0. The highest BCUT2D eigenvalue weighted by atomic mass is 127. The van der Waals surface area contributed by atoms with Crippen molar-refractivity contribution >= 4 is 51.3 Å². The molecule has 3 N–H and O–H groups in total. The van der Waals surface area contributed by atoms with Crippen LogP contribution in [0.3, 0.4) is 0 Å². The number of anilines is 3. The van der Waals surface area contributed by atoms with E-state index in [1.807, 2.05) is 22.6 Å². The van der Waals surface area contributed by atoms with E-state index in [2.05, 4.69) is 5.32 Å². The second-order valence-corrected chi connectivity index (χ2v) is 5.21. The fraction of sp³-hybridized carbons (Fsp3) is 0. The first kappa shape index (κ1) is 13.4. The standard InChI is InChI=1S/C12H8ClF2IN2/c13-6-1-2-11(10(16)3-6)18-12-8(14)4-7(17)5-9(12)15/h1-5,18H,17H2. The Balaban J connectivity index is 2.40. The lowest BCUT2D eigenvalue weighted by molar-refractivity contribution is 0.592. The number of halogens is 4. The Kier molecular flexibility index (Phi) is 3.91. The summed E-state index contributed by atoms with van der Waals surface area (Å²) in [5.74, 6) is -1.48. The van der Waals surface area contributed by atoms with Crippen molar-refractivity contribution in [3.05, 3.63) is 50.6 Å². The summed E-state index contributed by atoms with van der Waals surface area (Å²) in [5.41, 5.74) is 5.73. The maximum atomic E-state index is 13.6. The molecule has 0 bridgehead atoms. The van der Waals surface area contributed by atoms with Crippen LogP contribution in [0, 0.1) is 15.2 Å². The molecule has 0 aromatic heterocycles. The van der Waals surface area contributed by atoms with E-state index in [4.69, 9.17) is 17.3 Å². The molecule has 0 unspecified atom stereocenters. The second kappa shape index (κ2) is 5.27. The van der Waals surface area contributed by atoms with Crippen LogP contribution in [-0.4, -0.2) is 0 Å². The number of nitrogens with one attached hydrogen (secondary N) is 1. The van der Waals surface area contributed by atoms with Gasteiger partial charge >= 0.3 is 0 Å². The van der Waals surface area contributed by atoms with Crippen LogP contribution in [0.15, 0.2) is 30.3 Å². The van der Waals surface area contributed by atoms with Gasteiger partial charge in [-0.15, -0.1) is 0 Å². The molecule has 2 aromatic carbocycles. The Labute approximate surface area is 121 Å². The molecule has 0 atom stereocenters. The minimum absolute atomic E-state index is 0.0429. The average Bonchev–Trinajstić information content (AvgIpc) is 2.25. The molecule has 0 aliphatic rings. The van der Waals surface area contributed by atoms with Gasteiger partial charge in [-0.3, -0.25) is 0 Å². The van der Waals surface area contributed by atoms with E-state index >= 15 is 0 Å². The van der Waals surface area contributed by atoms with Crippen molar-refractivity contribution in [3.63, 3.8) is 0 Å². The topological polar surface area (TPSA) is 38.0 Å². The van der Waals surface area contributed by atoms with Crippen molar-refractivity contribution in [2.45, 2.75) is 0 Å². The van der Waals surface area contributed by atoms with E-state index in [0.29, 0.717) is 10.7 Å². The third-order valence-corrected chi connectivity index (χ3v) is 3.38. The normalized spacial score (nSPS) is 10.4. The number of hydrogen-bond acceptors (Lipinski definition) is 2. The molecule has 18 heavy (non-hydrogen) atoms. The molecular weight excluding hydrogens is 372 g/mol. The van der Waals surface area contributed by atoms with Gasteiger partial charge in [0.05, 0.1) is 5.69 Å². The van der Waals surface area contributed by atoms with Gasteiger partial charge in [0.15, 0.2) is 11.6 Å². The molecular formula is C12H8ClF2IN2. The monoisotopic (exact) mass is 380 g/mol. The second-order valence-electron chi connectivity index (χ2n) is 3.61. The predicted octanol–water partition coefficient (Wildman–Crippen LogP) is 4.55. The Morgan fingerprint density at radius 1 is 1.11 bits per heavy atom. The van der Waals surface area contributed by atoms with Gasteiger partial charge in [0.1, 0.15) is 5.69 Å². The summed E-state index contributed by atoms with van der Waals surface area (Å²) < 4.78 is 28.0. The number of hydrogen-bond donors (Lipinski definition) is 2. The minimum Gasteiger partial charge on any atom is -0.399 e. The van der Waals surface area contributed by atoms with Crippen LogP contribution < -0.4 is 11.1 Å². The zero-order valence-corrected chi connectivity index (χ0v) is 11.9. The molecule has 0 saturated carbocycles. The number of benzene rings is 2. The molecule has 0 saturated heterocycles. The maximum Gasteiger partial charge on any atom is 0.151 e. The number of nitrogen functional groups attached to an aromatic ring is 1. The summed E-state index contributed by atoms with van der Waals surface area (Å²) in [6, 6.07) is 7.11. The molecule has 0 aliphatic heterocycles. The molecule has 94 valence electrons. The van der Waals surface area contributed by atoms with Crippen molar-refractivity contribution in [2.75, 3.05) is 11.1 Å². The number of nitrogens with two attached hydrogens (primary N) is 1. The van der Waals surface area contributed by atoms with Crippen molar-refractivity contribution in [1.82, 2.24) is 0 Å². The quantitative estimate of drug-likeness (QED) is 0.593. The molecule has 0 amide bonds. The highest BCUT2D eigenvalue weighted by Crippen LogP contribution is 2.29. The first-order chi connectivity index (χ1) is 8.47. The number of rotatable bonds is 2. The van der Waals surface area contributed by atoms with E-state index < -0.39 is 11.6 Å². The van der Waals surface area contributed by atoms with Gasteiger partial charge in [0.2, 0.25) is 0 Å². The molecule has 6 heteroatoms. The SMILES string of the molecule is Nc1cc(F)c(Nc2ccc(Cl)cc2I)c(F)c1. The molecule has 0 fully saturated rings. The first-order valence-electron chi connectivity index (χ1n) is 4.94. The van der Waals surface area contributed by atoms with Crippen LogP contribution in [0.25, 0.3) is 0 Å². The summed E-state index contributed by atoms with van der Waals surface area (Å²) >= 11 is 7.83. The van der Waals surface area contributed by atoms with Crippen LogP contribution in [0.1, 0.15) is 0 Å². The van der Waals surface area contributed by atoms with Crippen LogP contribution >= 0.6 is 34.2 Å². The Hall–Kier alpha value is -1.08. The average molecular weight is 381 g/mol. The lowest BCUT2D eigenvalue weighted by Gasteiger charge is -2.11. The van der Waals surface area contributed by atoms with Crippen LogP contribution in [0.4, 0.5) is 25.8 Å². The summed E-state index contributed by atoms with van der Waals surface area (Å²) in [6.07, 6.45) is 0. The molecule has 0 spiro atoms. The molecule has 2 rings (SSSR count). The van der Waals surface area contributed by atoms with Crippen molar-refractivity contribution in [3.8, 4) is 0 Å². The lowest BCUT2D eigenvalue weighted by atomic mass is 10.2. The fourth-order valence-corrected chi connectivity index (χ4v) is 2.44. The van der Waals surface area contributed by atoms with Crippen LogP contribution in [0.2, 0.25) is 5.02 Å². The van der Waals surface area contributed by atoms with Crippen molar-refractivity contribution < 1.29 is 8.78 Å². The Bertz CT molecular complexity index is 582. The lowest BCUT2D eigenvalue weighted by Crippen LogP contribution is -2.00. The van der Waals surface area contributed by atoms with E-state index in [-0.39, 0.29) is 11.4 Å². The Morgan fingerprint density at radius 3 is 2.28 bits per heavy atom. The third kappa shape index (κ3) is 2.84. The zero-order chi connectivity index (χ0) is 13.3. The van der Waals surface area contributed by atoms with E-state index in [1.165, 1.54) is 0 Å². The van der Waals surface area contributed by atoms with Gasteiger partial charge in [-0.1, -0.05) is 11.6 Å². The van der Waals surface area contributed by atoms with Gasteiger partial charge in [0, 0.05) is 14.3 Å². The van der Waals surface area contributed by atoms with Gasteiger partial charge in [-0.2, -0.15) is 0 Å². The van der Waals surface area contributed by atoms with Gasteiger partial charge in [-0.25, -0.2) is 8.78 Å². The summed E-state index contributed by atoms with van der Waals surface area (Å²) in [5, 5.41) is 3.25. The van der Waals surface area contributed by atoms with Gasteiger partial charge in [0.25, 0.3) is 0 Å². The van der Waals surface area contributed by atoms with Crippen molar-refractivity contribution in [2.24, 2.45) is 0 Å². The molecule has 0 radical (unpaired) electrons. The molecule has 2 aromatic rings. The minimum atomic E-state index is -0.738. The predicted molar refractivity (Wildman–Crippen MR) is 78.2 cm³/mol. The smallest absolute Gasteiger partial charge is 0.151 e. The highest BCUT2D eigenvalue weighted by molar-refractivity contribution is 14.1. The molecule has 0 aliphatic carbocycles. The van der Waals surface area contributed by atoms with E-state index in [0.717, 1.165) is 15.7 Å². The van der Waals surface area contributed by atoms with E-state index in [9.17, 15) is 8.78 Å². The first-order valence-corrected chi connectivity index (χ1v) is 6.39. The highest BCUT2D eigenvalue weighted by Gasteiger charge is 2.11. The summed E-state index contributed by atoms with van der Waals surface area (Å²) in [4.78, 5) is 0. The molecule has 0 heterocycles. The van der Waals surface area contributed by atoms with Gasteiger partial charge < -0.3 is 11.1 Å². The largest absolute Gasteiger partial charge is 0.399 e. The fourth-order valence-electron chi connectivity index (χ4n) is 1.44. The molecule has 2 nitrogen and oxygen atoms in total. The maximum absolute atomic E-state index is 13.6. The zero-order valence-electron chi connectivity index (χ0n) is 8.98. The van der Waals surface area contributed by atoms with Crippen molar-refractivity contribution in [1.29, 1.82) is 0 Å². The summed E-state index contributed by atoms with van der Waals surface area (Å²) in [6.45, 7) is 0. The Morgan fingerprint density at radius 2 is 1.72 bits per heavy atom. The van der Waals surface area contributed by atoms with Crippen LogP contribution in [-0.2, 0) is 0 Å².